The molecular formula is C28H37N5O4. The van der Waals surface area contributed by atoms with Gasteiger partial charge >= 0.3 is 6.03 Å². The number of piperazine rings is 1. The number of carbonyl (C=O) groups is 3. The number of rotatable bonds is 8. The number of nitrogens with zero attached hydrogens (tertiary/aromatic N) is 4. The third-order valence-corrected chi connectivity index (χ3v) is 7.08. The van der Waals surface area contributed by atoms with Crippen LogP contribution >= 0.6 is 0 Å². The molecule has 198 valence electrons. The molecule has 4 amide bonds. The highest BCUT2D eigenvalue weighted by Crippen LogP contribution is 2.29. The molecule has 9 heteroatoms. The van der Waals surface area contributed by atoms with E-state index in [-0.39, 0.29) is 30.9 Å². The summed E-state index contributed by atoms with van der Waals surface area (Å²) in [7, 11) is 3.35. The molecular weight excluding hydrogens is 470 g/mol. The summed E-state index contributed by atoms with van der Waals surface area (Å²) in [5, 5.41) is 6.24. The Morgan fingerprint density at radius 3 is 2.38 bits per heavy atom. The first-order valence-electron chi connectivity index (χ1n) is 12.9. The Bertz CT molecular complexity index is 1100. The van der Waals surface area contributed by atoms with Gasteiger partial charge in [0.15, 0.2) is 0 Å². The lowest BCUT2D eigenvalue weighted by Crippen LogP contribution is -2.75. The molecule has 0 saturated carbocycles. The molecule has 2 heterocycles. The highest BCUT2D eigenvalue weighted by Gasteiger charge is 2.50. The van der Waals surface area contributed by atoms with Crippen molar-refractivity contribution in [2.24, 2.45) is 0 Å². The minimum absolute atomic E-state index is 0.0420. The van der Waals surface area contributed by atoms with Crippen LogP contribution in [0.3, 0.4) is 0 Å². The van der Waals surface area contributed by atoms with Gasteiger partial charge in [-0.1, -0.05) is 61.7 Å². The number of hydrogen-bond acceptors (Lipinski definition) is 5. The summed E-state index contributed by atoms with van der Waals surface area (Å²) in [6.45, 7) is 5.16. The quantitative estimate of drug-likeness (QED) is 0.594. The van der Waals surface area contributed by atoms with Crippen LogP contribution in [0.4, 0.5) is 4.79 Å². The molecule has 2 aromatic rings. The number of aryl methyl sites for hydroxylation is 1. The minimum Gasteiger partial charge on any atom is -0.497 e. The number of hydrogen-bond donors (Lipinski definition) is 1. The third kappa shape index (κ3) is 5.88. The molecule has 2 aromatic carbocycles. The fraction of sp³-hybridized carbons (Fsp3) is 0.464. The van der Waals surface area contributed by atoms with Crippen LogP contribution in [0.1, 0.15) is 42.9 Å². The van der Waals surface area contributed by atoms with E-state index in [1.165, 1.54) is 0 Å². The fourth-order valence-corrected chi connectivity index (χ4v) is 5.04. The highest BCUT2D eigenvalue weighted by molar-refractivity contribution is 5.91. The van der Waals surface area contributed by atoms with Gasteiger partial charge in [-0.15, -0.1) is 0 Å². The summed E-state index contributed by atoms with van der Waals surface area (Å²) in [6.07, 6.45) is 1.74. The predicted molar refractivity (Wildman–Crippen MR) is 140 cm³/mol. The van der Waals surface area contributed by atoms with Crippen LogP contribution in [-0.4, -0.2) is 77.1 Å². The van der Waals surface area contributed by atoms with E-state index in [2.05, 4.69) is 12.2 Å². The number of methoxy groups -OCH3 is 1. The van der Waals surface area contributed by atoms with E-state index in [1.54, 1.807) is 34.0 Å². The summed E-state index contributed by atoms with van der Waals surface area (Å²) >= 11 is 0. The molecule has 2 aliphatic heterocycles. The number of benzene rings is 2. The smallest absolute Gasteiger partial charge is 0.334 e. The van der Waals surface area contributed by atoms with Gasteiger partial charge in [-0.25, -0.2) is 14.8 Å². The lowest BCUT2D eigenvalue weighted by atomic mass is 10.0. The molecule has 2 fully saturated rings. The average molecular weight is 508 g/mol. The Labute approximate surface area is 218 Å². The summed E-state index contributed by atoms with van der Waals surface area (Å²) in [6, 6.07) is 14.7. The topological polar surface area (TPSA) is 85.4 Å². The van der Waals surface area contributed by atoms with Crippen LogP contribution in [0.15, 0.2) is 48.5 Å². The number of amides is 4. The molecule has 9 nitrogen and oxygen atoms in total. The Kier molecular flexibility index (Phi) is 8.33. The first-order valence-corrected chi connectivity index (χ1v) is 12.9. The molecule has 0 aromatic heterocycles. The van der Waals surface area contributed by atoms with Gasteiger partial charge in [0.2, 0.25) is 11.8 Å². The van der Waals surface area contributed by atoms with Crippen molar-refractivity contribution in [1.82, 2.24) is 25.1 Å². The van der Waals surface area contributed by atoms with Crippen LogP contribution in [-0.2, 0) is 22.7 Å². The van der Waals surface area contributed by atoms with E-state index in [9.17, 15) is 14.4 Å². The first kappa shape index (κ1) is 26.5. The van der Waals surface area contributed by atoms with Crippen molar-refractivity contribution in [3.8, 4) is 5.75 Å². The Morgan fingerprint density at radius 2 is 1.73 bits per heavy atom. The van der Waals surface area contributed by atoms with E-state index in [1.807, 2.05) is 55.5 Å². The number of hydrazine groups is 1. The Morgan fingerprint density at radius 1 is 1.05 bits per heavy atom. The normalized spacial score (nSPS) is 20.2. The van der Waals surface area contributed by atoms with Crippen molar-refractivity contribution in [2.75, 3.05) is 27.2 Å². The van der Waals surface area contributed by atoms with Crippen molar-refractivity contribution in [3.63, 3.8) is 0 Å². The zero-order valence-electron chi connectivity index (χ0n) is 22.1. The second kappa shape index (κ2) is 11.6. The summed E-state index contributed by atoms with van der Waals surface area (Å²) in [5.74, 6) is 0.566. The Balaban J connectivity index is 1.57. The van der Waals surface area contributed by atoms with Gasteiger partial charge in [-0.2, -0.15) is 0 Å². The van der Waals surface area contributed by atoms with Crippen LogP contribution in [0.25, 0.3) is 0 Å². The Hall–Kier alpha value is -3.59. The van der Waals surface area contributed by atoms with Crippen molar-refractivity contribution in [1.29, 1.82) is 0 Å². The molecule has 37 heavy (non-hydrogen) atoms. The lowest BCUT2D eigenvalue weighted by molar-refractivity contribution is -0.188. The molecule has 2 aliphatic rings. The van der Waals surface area contributed by atoms with Gasteiger partial charge in [0.05, 0.1) is 20.2 Å². The molecule has 4 rings (SSSR count). The number of nitrogens with one attached hydrogen (secondary N) is 1. The number of unbranched alkanes of at least 4 members (excludes halogenated alkanes) is 1. The average Bonchev–Trinajstić information content (AvgIpc) is 2.89. The number of fused-ring (bicyclic) bond motifs is 1. The zero-order chi connectivity index (χ0) is 26.5. The van der Waals surface area contributed by atoms with Crippen LogP contribution in [0.5, 0.6) is 5.75 Å². The van der Waals surface area contributed by atoms with E-state index >= 15 is 0 Å². The van der Waals surface area contributed by atoms with Crippen LogP contribution in [0, 0.1) is 6.92 Å². The van der Waals surface area contributed by atoms with Gasteiger partial charge in [-0.05, 0) is 36.6 Å². The van der Waals surface area contributed by atoms with Crippen LogP contribution in [0.2, 0.25) is 0 Å². The summed E-state index contributed by atoms with van der Waals surface area (Å²) in [4.78, 5) is 43.7. The molecule has 0 aliphatic carbocycles. The van der Waals surface area contributed by atoms with Crippen molar-refractivity contribution < 1.29 is 19.1 Å². The van der Waals surface area contributed by atoms with Gasteiger partial charge in [-0.3, -0.25) is 9.59 Å². The summed E-state index contributed by atoms with van der Waals surface area (Å²) in [5.41, 5.74) is 3.11. The molecule has 0 spiro atoms. The van der Waals surface area contributed by atoms with E-state index in [0.717, 1.165) is 35.3 Å². The highest BCUT2D eigenvalue weighted by atomic mass is 16.5. The number of carbonyl (C=O) groups excluding carboxylic acids is 3. The standard InChI is InChI=1S/C28H37N5O4/c1-5-6-7-24-27(35)31(17-22-10-8-20(2)9-11-22)18-25-32(24)26(34)19-30(3)33(25)28(36)29-16-21-12-14-23(37-4)15-13-21/h8-15,24-25H,5-7,16-19H2,1-4H3,(H,29,36)/t24-,25-/m0/s1. The molecule has 0 unspecified atom stereocenters. The first-order chi connectivity index (χ1) is 17.8. The van der Waals surface area contributed by atoms with E-state index in [0.29, 0.717) is 19.5 Å². The summed E-state index contributed by atoms with van der Waals surface area (Å²) < 4.78 is 5.21. The van der Waals surface area contributed by atoms with Crippen LogP contribution < -0.4 is 10.1 Å². The van der Waals surface area contributed by atoms with Gasteiger partial charge in [0.25, 0.3) is 0 Å². The maximum absolute atomic E-state index is 13.6. The molecule has 1 N–H and O–H groups in total. The van der Waals surface area contributed by atoms with Gasteiger partial charge < -0.3 is 19.9 Å². The molecule has 0 bridgehead atoms. The lowest BCUT2D eigenvalue weighted by Gasteiger charge is -2.54. The third-order valence-electron chi connectivity index (χ3n) is 7.08. The zero-order valence-corrected chi connectivity index (χ0v) is 22.1. The van der Waals surface area contributed by atoms with Crippen molar-refractivity contribution in [2.45, 2.75) is 58.4 Å². The second-order valence-corrected chi connectivity index (χ2v) is 9.81. The second-order valence-electron chi connectivity index (χ2n) is 9.81. The molecule has 2 atom stereocenters. The SMILES string of the molecule is CCCC[C@H]1C(=O)N(Cc2ccc(C)cc2)C[C@H]2N1C(=O)CN(C)N2C(=O)NCc1ccc(OC)cc1. The number of urea groups is 1. The van der Waals surface area contributed by atoms with E-state index in [4.69, 9.17) is 4.74 Å². The minimum atomic E-state index is -0.581. The number of ether oxygens (including phenoxy) is 1. The van der Waals surface area contributed by atoms with Gasteiger partial charge in [0.1, 0.15) is 18.0 Å². The fourth-order valence-electron chi connectivity index (χ4n) is 5.04. The maximum Gasteiger partial charge on any atom is 0.334 e. The number of likely N-dealkylation sites (N-methyl/N-ethyl adjacent to an activating group) is 1. The van der Waals surface area contributed by atoms with Crippen molar-refractivity contribution in [3.05, 3.63) is 65.2 Å². The molecule has 2 saturated heterocycles. The predicted octanol–water partition coefficient (Wildman–Crippen LogP) is 3.13. The maximum atomic E-state index is 13.6. The van der Waals surface area contributed by atoms with Crippen molar-refractivity contribution >= 4 is 17.8 Å². The molecule has 0 radical (unpaired) electrons. The largest absolute Gasteiger partial charge is 0.497 e. The van der Waals surface area contributed by atoms with Gasteiger partial charge in [0, 0.05) is 20.1 Å². The monoisotopic (exact) mass is 507 g/mol. The van der Waals surface area contributed by atoms with E-state index < -0.39 is 12.2 Å².